The molecule has 0 saturated heterocycles. The summed E-state index contributed by atoms with van der Waals surface area (Å²) >= 11 is 7.43. The molecule has 0 aliphatic rings. The molecular formula is C13H17ClN2O3S2. The lowest BCUT2D eigenvalue weighted by molar-refractivity contribution is 0.276. The van der Waals surface area contributed by atoms with E-state index >= 15 is 0 Å². The smallest absolute Gasteiger partial charge is 0.275 e. The highest BCUT2D eigenvalue weighted by molar-refractivity contribution is 7.88. The first-order chi connectivity index (χ1) is 9.79. The van der Waals surface area contributed by atoms with E-state index in [1.807, 2.05) is 24.1 Å². The molecule has 0 aliphatic carbocycles. The van der Waals surface area contributed by atoms with Crippen LogP contribution in [0.5, 0.6) is 0 Å². The first-order valence-electron chi connectivity index (χ1n) is 6.23. The van der Waals surface area contributed by atoms with Crippen LogP contribution in [0.4, 0.5) is 0 Å². The van der Waals surface area contributed by atoms with Crippen LogP contribution in [0.1, 0.15) is 10.6 Å². The van der Waals surface area contributed by atoms with Gasteiger partial charge in [0.05, 0.1) is 10.9 Å². The van der Waals surface area contributed by atoms with Crippen molar-refractivity contribution in [1.82, 2.24) is 9.21 Å². The van der Waals surface area contributed by atoms with Crippen molar-refractivity contribution < 1.29 is 12.8 Å². The molecule has 0 unspecified atom stereocenters. The van der Waals surface area contributed by atoms with E-state index in [1.165, 1.54) is 31.5 Å². The van der Waals surface area contributed by atoms with Gasteiger partial charge in [-0.1, -0.05) is 11.6 Å². The second kappa shape index (κ2) is 6.50. The molecule has 2 heterocycles. The molecule has 0 atom stereocenters. The molecule has 5 nitrogen and oxygen atoms in total. The predicted octanol–water partition coefficient (Wildman–Crippen LogP) is 2.88. The van der Waals surface area contributed by atoms with Crippen LogP contribution >= 0.6 is 22.9 Å². The molecule has 0 fully saturated rings. The Morgan fingerprint density at radius 2 is 1.86 bits per heavy atom. The monoisotopic (exact) mass is 348 g/mol. The third-order valence-corrected chi connectivity index (χ3v) is 5.76. The maximum absolute atomic E-state index is 11.9. The molecule has 0 N–H and O–H groups in total. The van der Waals surface area contributed by atoms with Gasteiger partial charge in [0.1, 0.15) is 5.76 Å². The summed E-state index contributed by atoms with van der Waals surface area (Å²) in [4.78, 5) is 3.18. The van der Waals surface area contributed by atoms with Gasteiger partial charge in [0.2, 0.25) is 5.09 Å². The number of furan rings is 1. The van der Waals surface area contributed by atoms with Crippen LogP contribution in [0.3, 0.4) is 0 Å². The van der Waals surface area contributed by atoms with Crippen molar-refractivity contribution in [3.05, 3.63) is 39.2 Å². The Balaban J connectivity index is 2.02. The number of thiophene rings is 1. The molecule has 0 saturated carbocycles. The van der Waals surface area contributed by atoms with Gasteiger partial charge in [-0.25, -0.2) is 12.7 Å². The van der Waals surface area contributed by atoms with Crippen molar-refractivity contribution in [2.45, 2.75) is 18.2 Å². The van der Waals surface area contributed by atoms with Crippen molar-refractivity contribution >= 4 is 33.0 Å². The van der Waals surface area contributed by atoms with Crippen molar-refractivity contribution in [1.29, 1.82) is 0 Å². The van der Waals surface area contributed by atoms with E-state index in [9.17, 15) is 8.42 Å². The number of sulfonamides is 1. The van der Waals surface area contributed by atoms with Crippen molar-refractivity contribution in [2.24, 2.45) is 0 Å². The largest absolute Gasteiger partial charge is 0.447 e. The molecular weight excluding hydrogens is 332 g/mol. The van der Waals surface area contributed by atoms with Crippen LogP contribution in [0, 0.1) is 0 Å². The zero-order valence-corrected chi connectivity index (χ0v) is 14.4. The summed E-state index contributed by atoms with van der Waals surface area (Å²) in [6.07, 6.45) is 0. The molecule has 116 valence electrons. The second-order valence-electron chi connectivity index (χ2n) is 4.89. The Hall–Kier alpha value is -0.860. The normalized spacial score (nSPS) is 12.5. The molecule has 0 spiro atoms. The zero-order valence-electron chi connectivity index (χ0n) is 12.0. The lowest BCUT2D eigenvalue weighted by atomic mass is 10.4. The lowest BCUT2D eigenvalue weighted by Crippen LogP contribution is -2.21. The zero-order chi connectivity index (χ0) is 15.6. The van der Waals surface area contributed by atoms with Crippen molar-refractivity contribution in [2.75, 3.05) is 21.1 Å². The predicted molar refractivity (Wildman–Crippen MR) is 84.1 cm³/mol. The van der Waals surface area contributed by atoms with E-state index in [0.29, 0.717) is 12.3 Å². The fraction of sp³-hybridized carbons (Fsp3) is 0.385. The van der Waals surface area contributed by atoms with E-state index in [0.717, 1.165) is 20.1 Å². The van der Waals surface area contributed by atoms with Gasteiger partial charge in [-0.05, 0) is 31.3 Å². The fourth-order valence-corrected chi connectivity index (χ4v) is 3.77. The van der Waals surface area contributed by atoms with Crippen LogP contribution in [0.15, 0.2) is 33.8 Å². The quantitative estimate of drug-likeness (QED) is 0.805. The van der Waals surface area contributed by atoms with Gasteiger partial charge in [-0.15, -0.1) is 11.3 Å². The first-order valence-corrected chi connectivity index (χ1v) is 8.86. The van der Waals surface area contributed by atoms with Crippen LogP contribution in [0.2, 0.25) is 4.34 Å². The third kappa shape index (κ3) is 4.08. The summed E-state index contributed by atoms with van der Waals surface area (Å²) in [5, 5.41) is -0.0323. The van der Waals surface area contributed by atoms with Gasteiger partial charge in [0, 0.05) is 25.5 Å². The molecule has 0 radical (unpaired) electrons. The Morgan fingerprint density at radius 1 is 1.14 bits per heavy atom. The molecule has 0 amide bonds. The number of halogens is 1. The van der Waals surface area contributed by atoms with Gasteiger partial charge in [0.15, 0.2) is 0 Å². The van der Waals surface area contributed by atoms with E-state index in [-0.39, 0.29) is 5.09 Å². The highest BCUT2D eigenvalue weighted by Gasteiger charge is 2.21. The number of hydrogen-bond donors (Lipinski definition) is 0. The van der Waals surface area contributed by atoms with Gasteiger partial charge < -0.3 is 4.42 Å². The molecule has 0 aromatic carbocycles. The molecule has 0 bridgehead atoms. The SMILES string of the molecule is CN(Cc1ccc(S(=O)(=O)N(C)C)o1)Cc1ccc(Cl)s1. The fourth-order valence-electron chi connectivity index (χ4n) is 1.79. The maximum atomic E-state index is 11.9. The first kappa shape index (κ1) is 16.5. The summed E-state index contributed by atoms with van der Waals surface area (Å²) < 4.78 is 31.2. The van der Waals surface area contributed by atoms with E-state index in [1.54, 1.807) is 6.07 Å². The highest BCUT2D eigenvalue weighted by atomic mass is 35.5. The average molecular weight is 349 g/mol. The summed E-state index contributed by atoms with van der Waals surface area (Å²) in [6.45, 7) is 1.26. The number of rotatable bonds is 6. The van der Waals surface area contributed by atoms with Gasteiger partial charge in [-0.3, -0.25) is 4.90 Å². The van der Waals surface area contributed by atoms with Gasteiger partial charge in [-0.2, -0.15) is 0 Å². The molecule has 21 heavy (non-hydrogen) atoms. The summed E-state index contributed by atoms with van der Waals surface area (Å²) in [5.74, 6) is 0.612. The molecule has 2 rings (SSSR count). The Morgan fingerprint density at radius 3 is 2.43 bits per heavy atom. The minimum Gasteiger partial charge on any atom is -0.447 e. The van der Waals surface area contributed by atoms with Crippen molar-refractivity contribution in [3.63, 3.8) is 0 Å². The Bertz CT molecular complexity index is 707. The second-order valence-corrected chi connectivity index (χ2v) is 8.77. The van der Waals surface area contributed by atoms with Crippen LogP contribution < -0.4 is 0 Å². The topological polar surface area (TPSA) is 53.8 Å². The van der Waals surface area contributed by atoms with E-state index in [2.05, 4.69) is 0 Å². The summed E-state index contributed by atoms with van der Waals surface area (Å²) in [5.41, 5.74) is 0. The standard InChI is InChI=1S/C13H17ClN2O3S2/c1-15(2)21(17,18)13-7-4-10(19-13)8-16(3)9-11-5-6-12(14)20-11/h4-7H,8-9H2,1-3H3. The number of hydrogen-bond acceptors (Lipinski definition) is 5. The van der Waals surface area contributed by atoms with Crippen LogP contribution in [-0.4, -0.2) is 38.8 Å². The third-order valence-electron chi connectivity index (χ3n) is 2.85. The lowest BCUT2D eigenvalue weighted by Gasteiger charge is -2.13. The molecule has 2 aromatic rings. The minimum absolute atomic E-state index is 0.0323. The van der Waals surface area contributed by atoms with Crippen LogP contribution in [0.25, 0.3) is 0 Å². The molecule has 8 heteroatoms. The molecule has 2 aromatic heterocycles. The Kier molecular flexibility index (Phi) is 5.11. The number of nitrogens with zero attached hydrogens (tertiary/aromatic N) is 2. The molecule has 0 aliphatic heterocycles. The highest BCUT2D eigenvalue weighted by Crippen LogP contribution is 2.23. The van der Waals surface area contributed by atoms with Gasteiger partial charge >= 0.3 is 0 Å². The van der Waals surface area contributed by atoms with E-state index in [4.69, 9.17) is 16.0 Å². The van der Waals surface area contributed by atoms with Gasteiger partial charge in [0.25, 0.3) is 10.0 Å². The average Bonchev–Trinajstić information content (AvgIpc) is 2.99. The van der Waals surface area contributed by atoms with Crippen molar-refractivity contribution in [3.8, 4) is 0 Å². The summed E-state index contributed by atoms with van der Waals surface area (Å²) in [6, 6.07) is 7.02. The minimum atomic E-state index is -3.51. The van der Waals surface area contributed by atoms with Crippen LogP contribution in [-0.2, 0) is 23.1 Å². The summed E-state index contributed by atoms with van der Waals surface area (Å²) in [7, 11) is 1.38. The van der Waals surface area contributed by atoms with E-state index < -0.39 is 10.0 Å². The maximum Gasteiger partial charge on any atom is 0.275 e. The Labute approximate surface area is 133 Å².